The number of amides is 1. The molecule has 3 aromatic rings. The molecule has 144 valence electrons. The van der Waals surface area contributed by atoms with Crippen LogP contribution in [-0.2, 0) is 4.79 Å². The lowest BCUT2D eigenvalue weighted by atomic mass is 10.1. The first kappa shape index (κ1) is 18.7. The Balaban J connectivity index is 1.79. The van der Waals surface area contributed by atoms with E-state index >= 15 is 0 Å². The number of hydrogen-bond donors (Lipinski definition) is 2. The van der Waals surface area contributed by atoms with Crippen LogP contribution in [0.5, 0.6) is 5.75 Å². The SMILES string of the molecule is Cc1nc(N[C@H](C)c2cc(N)cc(I)c2)c2cc3c(cc2n1)OCC(=O)N3C. The lowest BCUT2D eigenvalue weighted by molar-refractivity contribution is -0.120. The van der Waals surface area contributed by atoms with Crippen molar-refractivity contribution in [3.8, 4) is 5.75 Å². The van der Waals surface area contributed by atoms with Crippen LogP contribution in [0.25, 0.3) is 10.9 Å². The van der Waals surface area contributed by atoms with Gasteiger partial charge in [0.2, 0.25) is 0 Å². The van der Waals surface area contributed by atoms with Crippen molar-refractivity contribution in [2.24, 2.45) is 0 Å². The van der Waals surface area contributed by atoms with E-state index in [-0.39, 0.29) is 18.6 Å². The van der Waals surface area contributed by atoms with Crippen molar-refractivity contribution in [3.63, 3.8) is 0 Å². The van der Waals surface area contributed by atoms with E-state index in [2.05, 4.69) is 50.9 Å². The molecule has 0 bridgehead atoms. The third-order valence-electron chi connectivity index (χ3n) is 4.77. The van der Waals surface area contributed by atoms with Gasteiger partial charge in [0, 0.05) is 27.8 Å². The molecule has 8 heteroatoms. The molecule has 2 heterocycles. The number of benzene rings is 2. The van der Waals surface area contributed by atoms with E-state index in [9.17, 15) is 4.79 Å². The number of nitrogens with zero attached hydrogens (tertiary/aromatic N) is 3. The molecule has 1 aromatic heterocycles. The van der Waals surface area contributed by atoms with Gasteiger partial charge in [-0.05, 0) is 66.3 Å². The number of likely N-dealkylation sites (N-methyl/N-ethyl adjacent to an activating group) is 1. The Bertz CT molecular complexity index is 1080. The number of halogens is 1. The van der Waals surface area contributed by atoms with Crippen LogP contribution in [0.1, 0.15) is 24.4 Å². The molecular weight excluding hydrogens is 469 g/mol. The average Bonchev–Trinajstić information content (AvgIpc) is 2.63. The second-order valence-electron chi connectivity index (χ2n) is 6.88. The fourth-order valence-corrected chi connectivity index (χ4v) is 4.01. The van der Waals surface area contributed by atoms with Gasteiger partial charge >= 0.3 is 0 Å². The highest BCUT2D eigenvalue weighted by Gasteiger charge is 2.24. The summed E-state index contributed by atoms with van der Waals surface area (Å²) in [6, 6.07) is 9.73. The lowest BCUT2D eigenvalue weighted by Gasteiger charge is -2.26. The quantitative estimate of drug-likeness (QED) is 0.431. The van der Waals surface area contributed by atoms with E-state index in [1.54, 1.807) is 11.9 Å². The number of nitrogens with one attached hydrogen (secondary N) is 1. The van der Waals surface area contributed by atoms with Gasteiger partial charge in [0.15, 0.2) is 6.61 Å². The summed E-state index contributed by atoms with van der Waals surface area (Å²) in [4.78, 5) is 22.7. The molecule has 3 N–H and O–H groups in total. The highest BCUT2D eigenvalue weighted by Crippen LogP contribution is 2.37. The van der Waals surface area contributed by atoms with Crippen LogP contribution in [0, 0.1) is 10.5 Å². The summed E-state index contributed by atoms with van der Waals surface area (Å²) in [6.07, 6.45) is 0. The zero-order valence-corrected chi connectivity index (χ0v) is 17.9. The lowest BCUT2D eigenvalue weighted by Crippen LogP contribution is -2.35. The molecule has 1 amide bonds. The maximum Gasteiger partial charge on any atom is 0.264 e. The Kier molecular flexibility index (Phi) is 4.74. The van der Waals surface area contributed by atoms with Gasteiger partial charge in [-0.15, -0.1) is 0 Å². The van der Waals surface area contributed by atoms with E-state index < -0.39 is 0 Å². The van der Waals surface area contributed by atoms with Crippen molar-refractivity contribution in [1.82, 2.24) is 9.97 Å². The number of nitrogens with two attached hydrogens (primary N) is 1. The summed E-state index contributed by atoms with van der Waals surface area (Å²) in [5.41, 5.74) is 9.28. The summed E-state index contributed by atoms with van der Waals surface area (Å²) < 4.78 is 6.66. The van der Waals surface area contributed by atoms with Crippen molar-refractivity contribution in [2.75, 3.05) is 29.6 Å². The predicted octanol–water partition coefficient (Wildman–Crippen LogP) is 3.65. The first-order chi connectivity index (χ1) is 13.3. The van der Waals surface area contributed by atoms with Gasteiger partial charge in [0.1, 0.15) is 17.4 Å². The van der Waals surface area contributed by atoms with Crippen LogP contribution < -0.4 is 20.7 Å². The minimum Gasteiger partial charge on any atom is -0.481 e. The molecule has 28 heavy (non-hydrogen) atoms. The molecule has 0 saturated carbocycles. The molecule has 0 unspecified atom stereocenters. The van der Waals surface area contributed by atoms with Gasteiger partial charge in [0.25, 0.3) is 5.91 Å². The van der Waals surface area contributed by atoms with Crippen LogP contribution in [0.2, 0.25) is 0 Å². The molecule has 0 saturated heterocycles. The monoisotopic (exact) mass is 489 g/mol. The molecule has 1 aliphatic rings. The average molecular weight is 489 g/mol. The Morgan fingerprint density at radius 2 is 2.04 bits per heavy atom. The molecule has 0 spiro atoms. The number of rotatable bonds is 3. The van der Waals surface area contributed by atoms with Gasteiger partial charge in [-0.25, -0.2) is 9.97 Å². The van der Waals surface area contributed by atoms with Gasteiger partial charge in [-0.1, -0.05) is 0 Å². The number of anilines is 3. The summed E-state index contributed by atoms with van der Waals surface area (Å²) in [6.45, 7) is 3.95. The number of aryl methyl sites for hydroxylation is 1. The van der Waals surface area contributed by atoms with Gasteiger partial charge in [-0.3, -0.25) is 4.79 Å². The van der Waals surface area contributed by atoms with Crippen molar-refractivity contribution in [2.45, 2.75) is 19.9 Å². The first-order valence-corrected chi connectivity index (χ1v) is 9.94. The molecule has 7 nitrogen and oxygen atoms in total. The molecular formula is C20H20IN5O2. The Morgan fingerprint density at radius 3 is 2.79 bits per heavy atom. The molecule has 0 radical (unpaired) electrons. The van der Waals surface area contributed by atoms with Gasteiger partial charge in [-0.2, -0.15) is 0 Å². The number of nitrogen functional groups attached to an aromatic ring is 1. The number of carbonyl (C=O) groups is 1. The summed E-state index contributed by atoms with van der Waals surface area (Å²) in [5, 5.41) is 4.31. The highest BCUT2D eigenvalue weighted by molar-refractivity contribution is 14.1. The van der Waals surface area contributed by atoms with E-state index in [0.717, 1.165) is 25.7 Å². The third-order valence-corrected chi connectivity index (χ3v) is 5.39. The third kappa shape index (κ3) is 3.44. The molecule has 0 aliphatic carbocycles. The van der Waals surface area contributed by atoms with E-state index in [4.69, 9.17) is 10.5 Å². The zero-order valence-electron chi connectivity index (χ0n) is 15.8. The van der Waals surface area contributed by atoms with Crippen LogP contribution >= 0.6 is 22.6 Å². The predicted molar refractivity (Wildman–Crippen MR) is 119 cm³/mol. The largest absolute Gasteiger partial charge is 0.481 e. The normalized spacial score (nSPS) is 14.6. The molecule has 4 rings (SSSR count). The van der Waals surface area contributed by atoms with Crippen molar-refractivity contribution in [3.05, 3.63) is 45.3 Å². The number of hydrogen-bond acceptors (Lipinski definition) is 6. The molecule has 1 atom stereocenters. The maximum atomic E-state index is 12.0. The second kappa shape index (κ2) is 7.08. The second-order valence-corrected chi connectivity index (χ2v) is 8.13. The van der Waals surface area contributed by atoms with Crippen LogP contribution in [0.15, 0.2) is 30.3 Å². The van der Waals surface area contributed by atoms with E-state index in [1.807, 2.05) is 31.2 Å². The Hall–Kier alpha value is -2.62. The number of aromatic nitrogens is 2. The topological polar surface area (TPSA) is 93.4 Å². The van der Waals surface area contributed by atoms with Crippen molar-refractivity contribution in [1.29, 1.82) is 0 Å². The summed E-state index contributed by atoms with van der Waals surface area (Å²) >= 11 is 2.26. The summed E-state index contributed by atoms with van der Waals surface area (Å²) in [5.74, 6) is 1.93. The molecule has 1 aliphatic heterocycles. The molecule has 2 aromatic carbocycles. The Labute approximate surface area is 176 Å². The minimum absolute atomic E-state index is 0.0128. The molecule has 0 fully saturated rings. The van der Waals surface area contributed by atoms with Crippen molar-refractivity contribution < 1.29 is 9.53 Å². The van der Waals surface area contributed by atoms with Crippen LogP contribution in [0.3, 0.4) is 0 Å². The van der Waals surface area contributed by atoms with Crippen molar-refractivity contribution >= 4 is 56.6 Å². The standard InChI is InChI=1S/C20H20IN5O2/c1-10(12-4-13(21)6-14(22)5-12)23-20-15-7-17-18(28-9-19(27)26(17)3)8-16(15)24-11(2)25-20/h4-8,10H,9,22H2,1-3H3,(H,23,24,25)/t10-/m1/s1. The number of ether oxygens (including phenoxy) is 1. The fraction of sp³-hybridized carbons (Fsp3) is 0.250. The van der Waals surface area contributed by atoms with Gasteiger partial charge in [0.05, 0.1) is 17.2 Å². The van der Waals surface area contributed by atoms with Crippen LogP contribution in [0.4, 0.5) is 17.2 Å². The maximum absolute atomic E-state index is 12.0. The van der Waals surface area contributed by atoms with Gasteiger partial charge < -0.3 is 20.7 Å². The van der Waals surface area contributed by atoms with E-state index in [0.29, 0.717) is 23.1 Å². The smallest absolute Gasteiger partial charge is 0.264 e. The first-order valence-electron chi connectivity index (χ1n) is 8.86. The number of carbonyl (C=O) groups excluding carboxylic acids is 1. The fourth-order valence-electron chi connectivity index (χ4n) is 3.29. The van der Waals surface area contributed by atoms with E-state index in [1.165, 1.54) is 0 Å². The highest BCUT2D eigenvalue weighted by atomic mass is 127. The minimum atomic E-state index is -0.0860. The summed E-state index contributed by atoms with van der Waals surface area (Å²) in [7, 11) is 1.75. The zero-order chi connectivity index (χ0) is 20.0. The Morgan fingerprint density at radius 1 is 1.25 bits per heavy atom. The van der Waals surface area contributed by atoms with Crippen LogP contribution in [-0.4, -0.2) is 29.5 Å². The number of fused-ring (bicyclic) bond motifs is 2.